The zero-order valence-corrected chi connectivity index (χ0v) is 27.3. The quantitative estimate of drug-likeness (QED) is 0.101. The third-order valence-electron chi connectivity index (χ3n) is 9.27. The average Bonchev–Trinajstić information content (AvgIpc) is 3.13. The van der Waals surface area contributed by atoms with Crippen LogP contribution < -0.4 is 14.9 Å². The largest absolute Gasteiger partial charge is 0.507 e. The summed E-state index contributed by atoms with van der Waals surface area (Å²) >= 11 is 0. The van der Waals surface area contributed by atoms with Crippen molar-refractivity contribution < 1.29 is 89.0 Å². The molecule has 4 heterocycles. The van der Waals surface area contributed by atoms with Crippen molar-refractivity contribution in [1.29, 1.82) is 0 Å². The number of rotatable bonds is 9. The lowest BCUT2D eigenvalue weighted by Crippen LogP contribution is -2.64. The Hall–Kier alpha value is -3.51. The molecule has 3 aliphatic heterocycles. The Morgan fingerprint density at radius 1 is 0.654 bits per heavy atom. The highest BCUT2D eigenvalue weighted by Gasteiger charge is 2.51. The van der Waals surface area contributed by atoms with Crippen molar-refractivity contribution in [2.24, 2.45) is 0 Å². The van der Waals surface area contributed by atoms with E-state index in [9.17, 15) is 61.0 Å². The van der Waals surface area contributed by atoms with Crippen molar-refractivity contribution in [3.63, 3.8) is 0 Å². The summed E-state index contributed by atoms with van der Waals surface area (Å²) in [6.07, 6.45) is -21.8. The molecule has 3 aromatic rings. The summed E-state index contributed by atoms with van der Waals surface area (Å²) in [6, 6.07) is 8.03. The van der Waals surface area contributed by atoms with Crippen LogP contribution in [0, 0.1) is 0 Å². The lowest BCUT2D eigenvalue weighted by Gasteiger charge is -2.45. The highest BCUT2D eigenvalue weighted by atomic mass is 16.8. The first-order valence-electron chi connectivity index (χ1n) is 16.2. The Kier molecular flexibility index (Phi) is 11.4. The lowest BCUT2D eigenvalue weighted by atomic mass is 9.97. The van der Waals surface area contributed by atoms with E-state index in [0.29, 0.717) is 5.56 Å². The minimum Gasteiger partial charge on any atom is -0.507 e. The van der Waals surface area contributed by atoms with Crippen LogP contribution in [0.1, 0.15) is 6.92 Å². The maximum Gasteiger partial charge on any atom is 0.229 e. The average molecular weight is 741 g/mol. The fraction of sp³-hybridized carbons (Fsp3) is 0.545. The van der Waals surface area contributed by atoms with Gasteiger partial charge in [-0.15, -0.1) is 0 Å². The molecule has 0 unspecified atom stereocenters. The van der Waals surface area contributed by atoms with Gasteiger partial charge in [0.2, 0.25) is 18.0 Å². The molecular weight excluding hydrogens is 700 g/mol. The first kappa shape index (κ1) is 38.2. The van der Waals surface area contributed by atoms with Crippen LogP contribution in [0.2, 0.25) is 0 Å². The van der Waals surface area contributed by atoms with Crippen molar-refractivity contribution in [2.75, 3.05) is 13.2 Å². The third-order valence-corrected chi connectivity index (χ3v) is 9.27. The number of fused-ring (bicyclic) bond motifs is 1. The smallest absolute Gasteiger partial charge is 0.229 e. The zero-order chi connectivity index (χ0) is 37.6. The summed E-state index contributed by atoms with van der Waals surface area (Å²) in [5.41, 5.74) is -0.433. The Labute approximate surface area is 293 Å². The molecule has 0 spiro atoms. The molecule has 19 nitrogen and oxygen atoms in total. The van der Waals surface area contributed by atoms with Gasteiger partial charge in [0.15, 0.2) is 12.4 Å². The molecule has 0 saturated carbocycles. The fourth-order valence-corrected chi connectivity index (χ4v) is 6.20. The standard InChI is InChI=1S/C33H40O19/c1-11-21(37)25(41)28(44)31(47-11)52-30-27(43)24(40)19(9-35)51-33(30)48-13-4-2-12(3-5-13)15-10-46-17-7-14(6-16(36)20(17)22(15)38)49-32-29(45)26(42)23(39)18(8-34)50-32/h2-7,10-11,18-19,21,23-37,39-45H,8-9H2,1H3/t11-,18-,19-,21-,23-,24-,25+,26+,27+,28+,29-,30-,31-,32-,33-/m1/s1. The molecule has 0 amide bonds. The van der Waals surface area contributed by atoms with Crippen LogP contribution >= 0.6 is 0 Å². The van der Waals surface area contributed by atoms with Gasteiger partial charge < -0.3 is 89.0 Å². The van der Waals surface area contributed by atoms with Crippen molar-refractivity contribution in [1.82, 2.24) is 0 Å². The molecular formula is C33H40O19. The van der Waals surface area contributed by atoms with Crippen molar-refractivity contribution >= 4 is 11.0 Å². The Balaban J connectivity index is 1.20. The summed E-state index contributed by atoms with van der Waals surface area (Å²) < 4.78 is 39.2. The second kappa shape index (κ2) is 15.5. The van der Waals surface area contributed by atoms with Gasteiger partial charge in [0.05, 0.1) is 24.9 Å². The minimum atomic E-state index is -1.75. The van der Waals surface area contributed by atoms with Crippen LogP contribution in [0.25, 0.3) is 22.1 Å². The normalized spacial score (nSPS) is 38.2. The fourth-order valence-electron chi connectivity index (χ4n) is 6.20. The SMILES string of the molecule is C[C@H]1O[C@H](O[C@H]2[C@H](Oc3ccc(-c4coc5cc(O[C@@H]6O[C@H](CO)[C@@H](O)[C@H](O)[C@H]6O)cc(O)c5c4=O)cc3)O[C@H](CO)[C@@H](O)[C@@H]2O)[C@@H](O)[C@@H](O)[C@@H]1O. The second-order valence-corrected chi connectivity index (χ2v) is 12.7. The van der Waals surface area contributed by atoms with E-state index < -0.39 is 117 Å². The molecule has 6 rings (SSSR count). The van der Waals surface area contributed by atoms with E-state index in [1.807, 2.05) is 0 Å². The molecule has 0 aliphatic carbocycles. The highest BCUT2D eigenvalue weighted by molar-refractivity contribution is 5.88. The predicted octanol–water partition coefficient (Wildman–Crippen LogP) is -3.63. The van der Waals surface area contributed by atoms with Crippen LogP contribution in [0.15, 0.2) is 51.9 Å². The lowest BCUT2D eigenvalue weighted by molar-refractivity contribution is -0.354. The molecule has 52 heavy (non-hydrogen) atoms. The zero-order valence-electron chi connectivity index (χ0n) is 27.3. The third kappa shape index (κ3) is 7.21. The van der Waals surface area contributed by atoms with Crippen molar-refractivity contribution in [3.05, 3.63) is 52.9 Å². The number of hydrogen-bond donors (Lipinski definition) is 11. The van der Waals surface area contributed by atoms with Crippen LogP contribution in [-0.4, -0.2) is 162 Å². The summed E-state index contributed by atoms with van der Waals surface area (Å²) in [6.45, 7) is 0.0329. The van der Waals surface area contributed by atoms with Gasteiger partial charge in [-0.25, -0.2) is 0 Å². The van der Waals surface area contributed by atoms with Crippen LogP contribution in [-0.2, 0) is 18.9 Å². The maximum absolute atomic E-state index is 13.5. The number of aliphatic hydroxyl groups excluding tert-OH is 10. The summed E-state index contributed by atoms with van der Waals surface area (Å²) in [4.78, 5) is 13.5. The maximum atomic E-state index is 13.5. The Morgan fingerprint density at radius 2 is 1.23 bits per heavy atom. The number of hydrogen-bond acceptors (Lipinski definition) is 19. The van der Waals surface area contributed by atoms with Crippen molar-refractivity contribution in [2.45, 2.75) is 99.0 Å². The van der Waals surface area contributed by atoms with Gasteiger partial charge in [0.25, 0.3) is 0 Å². The molecule has 3 fully saturated rings. The van der Waals surface area contributed by atoms with E-state index in [1.165, 1.54) is 37.3 Å². The second-order valence-electron chi connectivity index (χ2n) is 12.7. The molecule has 3 aliphatic rings. The molecule has 19 heteroatoms. The summed E-state index contributed by atoms with van der Waals surface area (Å²) in [5.74, 6) is -0.594. The molecule has 3 saturated heterocycles. The molecule has 286 valence electrons. The van der Waals surface area contributed by atoms with E-state index in [1.54, 1.807) is 0 Å². The van der Waals surface area contributed by atoms with E-state index in [2.05, 4.69) is 0 Å². The number of ether oxygens (including phenoxy) is 6. The van der Waals surface area contributed by atoms with E-state index in [4.69, 9.17) is 32.8 Å². The number of aliphatic hydroxyl groups is 10. The minimum absolute atomic E-state index is 0.0178. The van der Waals surface area contributed by atoms with Gasteiger partial charge in [0, 0.05) is 12.1 Å². The molecule has 1 aromatic heterocycles. The van der Waals surface area contributed by atoms with Gasteiger partial charge in [-0.05, 0) is 24.6 Å². The van der Waals surface area contributed by atoms with E-state index >= 15 is 0 Å². The van der Waals surface area contributed by atoms with Gasteiger partial charge >= 0.3 is 0 Å². The number of phenolic OH excluding ortho intramolecular Hbond substituents is 1. The van der Waals surface area contributed by atoms with Gasteiger partial charge in [-0.2, -0.15) is 0 Å². The van der Waals surface area contributed by atoms with Crippen LogP contribution in [0.3, 0.4) is 0 Å². The van der Waals surface area contributed by atoms with E-state index in [-0.39, 0.29) is 28.0 Å². The van der Waals surface area contributed by atoms with E-state index in [0.717, 1.165) is 12.3 Å². The van der Waals surface area contributed by atoms with Gasteiger partial charge in [-0.3, -0.25) is 4.79 Å². The van der Waals surface area contributed by atoms with Gasteiger partial charge in [0.1, 0.15) is 95.5 Å². The number of phenols is 1. The van der Waals surface area contributed by atoms with Crippen LogP contribution in [0.4, 0.5) is 0 Å². The van der Waals surface area contributed by atoms with Crippen LogP contribution in [0.5, 0.6) is 17.2 Å². The monoisotopic (exact) mass is 740 g/mol. The van der Waals surface area contributed by atoms with Crippen molar-refractivity contribution in [3.8, 4) is 28.4 Å². The first-order valence-corrected chi connectivity index (χ1v) is 16.2. The Bertz CT molecular complexity index is 1730. The molecule has 11 N–H and O–H groups in total. The predicted molar refractivity (Wildman–Crippen MR) is 170 cm³/mol. The highest BCUT2D eigenvalue weighted by Crippen LogP contribution is 2.34. The molecule has 15 atom stereocenters. The number of aromatic hydroxyl groups is 1. The molecule has 0 radical (unpaired) electrons. The Morgan fingerprint density at radius 3 is 1.88 bits per heavy atom. The summed E-state index contributed by atoms with van der Waals surface area (Å²) in [5, 5.41) is 112. The molecule has 0 bridgehead atoms. The molecule has 2 aromatic carbocycles. The topological polar surface area (TPSA) is 308 Å². The van der Waals surface area contributed by atoms with Gasteiger partial charge in [-0.1, -0.05) is 12.1 Å². The first-order chi connectivity index (χ1) is 24.7. The summed E-state index contributed by atoms with van der Waals surface area (Å²) in [7, 11) is 0. The number of benzene rings is 2.